The zero-order valence-electron chi connectivity index (χ0n) is 17.6. The van der Waals surface area contributed by atoms with Gasteiger partial charge >= 0.3 is 12.2 Å². The van der Waals surface area contributed by atoms with Crippen molar-refractivity contribution in [3.05, 3.63) is 18.0 Å². The molecule has 2 amide bonds. The van der Waals surface area contributed by atoms with Crippen LogP contribution in [0, 0.1) is 11.5 Å². The maximum atomic E-state index is 12.5. The van der Waals surface area contributed by atoms with E-state index < -0.39 is 31.5 Å². The number of hydrogen-bond donors (Lipinski definition) is 0. The van der Waals surface area contributed by atoms with Gasteiger partial charge in [-0.25, -0.2) is 19.6 Å². The average Bonchev–Trinajstić information content (AvgIpc) is 2.41. The molecule has 0 saturated heterocycles. The van der Waals surface area contributed by atoms with E-state index in [0.717, 1.165) is 0 Å². The maximum Gasteiger partial charge on any atom is 0.427 e. The van der Waals surface area contributed by atoms with Gasteiger partial charge in [0.15, 0.2) is 0 Å². The van der Waals surface area contributed by atoms with Gasteiger partial charge in [0.1, 0.15) is 19.3 Å². The van der Waals surface area contributed by atoms with Gasteiger partial charge < -0.3 is 9.47 Å². The summed E-state index contributed by atoms with van der Waals surface area (Å²) in [5.41, 5.74) is 2.23. The Balaban J connectivity index is 3.20. The van der Waals surface area contributed by atoms with Crippen molar-refractivity contribution in [3.63, 3.8) is 0 Å². The molecule has 0 fully saturated rings. The fourth-order valence-corrected chi connectivity index (χ4v) is 2.13. The lowest BCUT2D eigenvalue weighted by Gasteiger charge is -2.27. The molecule has 0 atom stereocenters. The van der Waals surface area contributed by atoms with Crippen molar-refractivity contribution in [1.82, 2.24) is 9.97 Å². The van der Waals surface area contributed by atoms with Gasteiger partial charge in [-0.2, -0.15) is 0 Å². The van der Waals surface area contributed by atoms with E-state index in [1.165, 1.54) is 12.4 Å². The Morgan fingerprint density at radius 3 is 1.67 bits per heavy atom. The largest absolute Gasteiger partial charge is 0.443 e. The molecule has 27 heavy (non-hydrogen) atoms. The number of anilines is 1. The highest BCUT2D eigenvalue weighted by Gasteiger charge is 2.34. The Hall–Kier alpha value is -2.40. The predicted octanol–water partition coefficient (Wildman–Crippen LogP) is 4.38. The quantitative estimate of drug-likeness (QED) is 0.522. The molecule has 1 aromatic rings. The Kier molecular flexibility index (Phi) is 6.78. The predicted molar refractivity (Wildman–Crippen MR) is 107 cm³/mol. The van der Waals surface area contributed by atoms with E-state index in [2.05, 4.69) is 41.1 Å². The van der Waals surface area contributed by atoms with Gasteiger partial charge in [0.25, 0.3) is 0 Å². The highest BCUT2D eigenvalue weighted by Crippen LogP contribution is 2.18. The van der Waals surface area contributed by atoms with Gasteiger partial charge in [-0.3, -0.25) is 0 Å². The van der Waals surface area contributed by atoms with Crippen LogP contribution in [-0.2, 0) is 9.47 Å². The summed E-state index contributed by atoms with van der Waals surface area (Å²) in [6.07, 6.45) is 1.13. The zero-order valence-corrected chi connectivity index (χ0v) is 18.6. The molecule has 0 N–H and O–H groups in total. The van der Waals surface area contributed by atoms with E-state index in [0.29, 0.717) is 10.5 Å². The molecule has 0 aliphatic heterocycles. The number of rotatable bonds is 1. The van der Waals surface area contributed by atoms with Gasteiger partial charge in [-0.15, -0.1) is 10.4 Å². The maximum absolute atomic E-state index is 12.5. The SMILES string of the molecule is CC(C)(C)OC(=O)N(C(=O)OC(C)(C)C)c1ncc(C#C[Si](C)(C)C)cn1. The van der Waals surface area contributed by atoms with E-state index in [1.807, 2.05) is 0 Å². The van der Waals surface area contributed by atoms with E-state index >= 15 is 0 Å². The van der Waals surface area contributed by atoms with E-state index in [-0.39, 0.29) is 5.95 Å². The molecule has 1 heterocycles. The number of amides is 2. The van der Waals surface area contributed by atoms with Crippen LogP contribution in [0.25, 0.3) is 0 Å². The first-order chi connectivity index (χ1) is 12.1. The lowest BCUT2D eigenvalue weighted by Crippen LogP contribution is -2.44. The minimum Gasteiger partial charge on any atom is -0.443 e. The van der Waals surface area contributed by atoms with E-state index in [9.17, 15) is 9.59 Å². The highest BCUT2D eigenvalue weighted by molar-refractivity contribution is 6.83. The van der Waals surface area contributed by atoms with Crippen LogP contribution in [-0.4, -0.2) is 41.4 Å². The molecule has 1 aromatic heterocycles. The standard InChI is InChI=1S/C19H29N3O4Si/c1-18(2,3)25-16(23)22(17(24)26-19(4,5)6)15-20-12-14(13-21-15)10-11-27(7,8)9/h12-13H,1-9H3. The molecule has 148 valence electrons. The van der Waals surface area contributed by atoms with E-state index in [1.54, 1.807) is 41.5 Å². The third-order valence-electron chi connectivity index (χ3n) is 2.57. The average molecular weight is 392 g/mol. The number of carbonyl (C=O) groups is 2. The Morgan fingerprint density at radius 2 is 1.33 bits per heavy atom. The van der Waals surface area contributed by atoms with Gasteiger partial charge in [-0.1, -0.05) is 25.6 Å². The molecule has 0 radical (unpaired) electrons. The highest BCUT2D eigenvalue weighted by atomic mass is 28.3. The molecule has 0 aromatic carbocycles. The summed E-state index contributed by atoms with van der Waals surface area (Å²) < 4.78 is 10.6. The molecular formula is C19H29N3O4Si. The van der Waals surface area contributed by atoms with Crippen LogP contribution in [0.4, 0.5) is 15.5 Å². The lowest BCUT2D eigenvalue weighted by molar-refractivity contribution is 0.0427. The Labute approximate surface area is 162 Å². The molecular weight excluding hydrogens is 362 g/mol. The third kappa shape index (κ3) is 8.69. The van der Waals surface area contributed by atoms with Gasteiger partial charge in [0.2, 0.25) is 5.95 Å². The van der Waals surface area contributed by atoms with Crippen molar-refractivity contribution in [2.45, 2.75) is 72.4 Å². The topological polar surface area (TPSA) is 81.6 Å². The van der Waals surface area contributed by atoms with Crippen LogP contribution in [0.2, 0.25) is 19.6 Å². The lowest BCUT2D eigenvalue weighted by atomic mass is 10.2. The summed E-state index contributed by atoms with van der Waals surface area (Å²) >= 11 is 0. The number of imide groups is 1. The van der Waals surface area contributed by atoms with Crippen molar-refractivity contribution in [1.29, 1.82) is 0 Å². The summed E-state index contributed by atoms with van der Waals surface area (Å²) in [6.45, 7) is 16.6. The van der Waals surface area contributed by atoms with Crippen molar-refractivity contribution >= 4 is 26.2 Å². The van der Waals surface area contributed by atoms with Crippen molar-refractivity contribution in [2.24, 2.45) is 0 Å². The molecule has 0 aliphatic carbocycles. The second-order valence-electron chi connectivity index (χ2n) is 9.07. The summed E-state index contributed by atoms with van der Waals surface area (Å²) in [7, 11) is -1.54. The fraction of sp³-hybridized carbons (Fsp3) is 0.579. The summed E-state index contributed by atoms with van der Waals surface area (Å²) in [4.78, 5) is 34.0. The van der Waals surface area contributed by atoms with E-state index in [4.69, 9.17) is 9.47 Å². The summed E-state index contributed by atoms with van der Waals surface area (Å²) in [5, 5.41) is 0. The first-order valence-corrected chi connectivity index (χ1v) is 12.2. The van der Waals surface area contributed by atoms with Gasteiger partial charge in [0.05, 0.1) is 5.56 Å². The minimum atomic E-state index is -1.54. The van der Waals surface area contributed by atoms with Gasteiger partial charge in [0, 0.05) is 12.4 Å². The van der Waals surface area contributed by atoms with Crippen LogP contribution in [0.5, 0.6) is 0 Å². The Bertz CT molecular complexity index is 717. The number of carbonyl (C=O) groups excluding carboxylic acids is 2. The summed E-state index contributed by atoms with van der Waals surface area (Å²) in [6, 6.07) is 0. The van der Waals surface area contributed by atoms with Crippen molar-refractivity contribution < 1.29 is 19.1 Å². The third-order valence-corrected chi connectivity index (χ3v) is 3.45. The number of nitrogens with zero attached hydrogens (tertiary/aromatic N) is 3. The van der Waals surface area contributed by atoms with Crippen LogP contribution in [0.15, 0.2) is 12.4 Å². The molecule has 0 unspecified atom stereocenters. The smallest absolute Gasteiger partial charge is 0.427 e. The first kappa shape index (κ1) is 22.6. The molecule has 0 aliphatic rings. The van der Waals surface area contributed by atoms with Crippen molar-refractivity contribution in [2.75, 3.05) is 4.90 Å². The molecule has 0 saturated carbocycles. The molecule has 1 rings (SSSR count). The normalized spacial score (nSPS) is 11.9. The van der Waals surface area contributed by atoms with Crippen molar-refractivity contribution in [3.8, 4) is 11.5 Å². The van der Waals surface area contributed by atoms with Crippen LogP contribution in [0.1, 0.15) is 47.1 Å². The monoisotopic (exact) mass is 391 g/mol. The first-order valence-electron chi connectivity index (χ1n) is 8.69. The van der Waals surface area contributed by atoms with Crippen LogP contribution >= 0.6 is 0 Å². The number of hydrogen-bond acceptors (Lipinski definition) is 6. The second-order valence-corrected chi connectivity index (χ2v) is 13.8. The van der Waals surface area contributed by atoms with Crippen LogP contribution < -0.4 is 4.90 Å². The molecule has 0 bridgehead atoms. The number of ether oxygens (including phenoxy) is 2. The second kappa shape index (κ2) is 8.09. The molecule has 0 spiro atoms. The zero-order chi connectivity index (χ0) is 21.0. The summed E-state index contributed by atoms with van der Waals surface area (Å²) in [5.74, 6) is 2.89. The van der Waals surface area contributed by atoms with Crippen LogP contribution in [0.3, 0.4) is 0 Å². The Morgan fingerprint density at radius 1 is 0.926 bits per heavy atom. The number of aromatic nitrogens is 2. The minimum absolute atomic E-state index is 0.128. The molecule has 7 nitrogen and oxygen atoms in total. The molecule has 8 heteroatoms. The van der Waals surface area contributed by atoms with Gasteiger partial charge in [-0.05, 0) is 41.5 Å². The fourth-order valence-electron chi connectivity index (χ4n) is 1.61.